The van der Waals surface area contributed by atoms with Gasteiger partial charge in [0, 0.05) is 0 Å². The molecule has 0 saturated carbocycles. The summed E-state index contributed by atoms with van der Waals surface area (Å²) in [4.78, 5) is 0. The zero-order valence-corrected chi connectivity index (χ0v) is 11.5. The first-order chi connectivity index (χ1) is 8.70. The number of benzene rings is 2. The average molecular weight is 237 g/mol. The quantitative estimate of drug-likeness (QED) is 0.682. The summed E-state index contributed by atoms with van der Waals surface area (Å²) in [6.07, 6.45) is 3.24. The van der Waals surface area contributed by atoms with Crippen molar-refractivity contribution in [2.45, 2.75) is 33.1 Å². The Bertz CT molecular complexity index is 474. The van der Waals surface area contributed by atoms with Crippen LogP contribution < -0.4 is 0 Å². The van der Waals surface area contributed by atoms with Gasteiger partial charge < -0.3 is 0 Å². The molecule has 0 N–H and O–H groups in total. The minimum absolute atomic E-state index is 0.599. The van der Waals surface area contributed by atoms with Crippen LogP contribution in [0.4, 0.5) is 0 Å². The second-order valence-electron chi connectivity index (χ2n) is 5.09. The van der Waals surface area contributed by atoms with Gasteiger partial charge >= 0.3 is 0 Å². The lowest BCUT2D eigenvalue weighted by Crippen LogP contribution is -1.87. The molecule has 93 valence electrons. The van der Waals surface area contributed by atoms with E-state index in [-0.39, 0.29) is 0 Å². The molecule has 0 nitrogen and oxygen atoms in total. The van der Waals surface area contributed by atoms with Gasteiger partial charge in [-0.1, -0.05) is 69.3 Å². The number of hydrogen-bond donors (Lipinski definition) is 0. The Morgan fingerprint density at radius 2 is 1.33 bits per heavy atom. The second kappa shape index (κ2) is 5.86. The molecule has 0 bridgehead atoms. The Morgan fingerprint density at radius 1 is 0.833 bits per heavy atom. The topological polar surface area (TPSA) is 0 Å². The van der Waals surface area contributed by atoms with Gasteiger partial charge in [0.05, 0.1) is 0 Å². The van der Waals surface area contributed by atoms with Gasteiger partial charge in [0.25, 0.3) is 0 Å². The van der Waals surface area contributed by atoms with Gasteiger partial charge in [-0.3, -0.25) is 0 Å². The highest BCUT2D eigenvalue weighted by atomic mass is 14.1. The van der Waals surface area contributed by atoms with E-state index in [4.69, 9.17) is 0 Å². The summed E-state index contributed by atoms with van der Waals surface area (Å²) in [5.41, 5.74) is 5.37. The van der Waals surface area contributed by atoms with E-state index in [2.05, 4.69) is 75.7 Å². The van der Waals surface area contributed by atoms with E-state index in [9.17, 15) is 0 Å². The van der Waals surface area contributed by atoms with Crippen LogP contribution in [0.15, 0.2) is 48.5 Å². The summed E-state index contributed by atoms with van der Waals surface area (Å²) in [7, 11) is 0. The molecule has 0 aliphatic carbocycles. The van der Waals surface area contributed by atoms with E-state index in [0.717, 1.165) is 6.42 Å². The SMILES string of the molecule is C[CH]Cc1ccc(-c2ccc(C(C)C)cc2)cc1. The molecule has 0 fully saturated rings. The second-order valence-corrected chi connectivity index (χ2v) is 5.09. The smallest absolute Gasteiger partial charge is 0.0184 e. The normalized spacial score (nSPS) is 10.9. The highest BCUT2D eigenvalue weighted by Gasteiger charge is 2.01. The van der Waals surface area contributed by atoms with Crippen LogP contribution in [0.1, 0.15) is 37.8 Å². The Morgan fingerprint density at radius 3 is 1.78 bits per heavy atom. The van der Waals surface area contributed by atoms with E-state index in [1.807, 2.05) is 0 Å². The van der Waals surface area contributed by atoms with Crippen molar-refractivity contribution in [1.82, 2.24) is 0 Å². The molecule has 1 radical (unpaired) electrons. The standard InChI is InChI=1S/C18H21/c1-4-5-15-6-8-17(9-7-15)18-12-10-16(11-13-18)14(2)3/h4,6-14H,5H2,1-3H3. The van der Waals surface area contributed by atoms with Gasteiger partial charge in [-0.05, 0) is 41.0 Å². The first-order valence-electron chi connectivity index (χ1n) is 6.68. The molecule has 0 heterocycles. The molecule has 2 rings (SSSR count). The van der Waals surface area contributed by atoms with Gasteiger partial charge in [-0.15, -0.1) is 0 Å². The summed E-state index contributed by atoms with van der Waals surface area (Å²) >= 11 is 0. The van der Waals surface area contributed by atoms with Crippen molar-refractivity contribution >= 4 is 0 Å². The summed E-state index contributed by atoms with van der Waals surface area (Å²) in [5, 5.41) is 0. The molecule has 2 aromatic rings. The molecule has 0 atom stereocenters. The maximum Gasteiger partial charge on any atom is -0.0184 e. The van der Waals surface area contributed by atoms with E-state index in [1.165, 1.54) is 22.3 Å². The van der Waals surface area contributed by atoms with Crippen molar-refractivity contribution in [3.63, 3.8) is 0 Å². The van der Waals surface area contributed by atoms with Crippen LogP contribution in [-0.2, 0) is 6.42 Å². The van der Waals surface area contributed by atoms with E-state index >= 15 is 0 Å². The van der Waals surface area contributed by atoms with E-state index in [0.29, 0.717) is 5.92 Å². The van der Waals surface area contributed by atoms with Gasteiger partial charge in [0.1, 0.15) is 0 Å². The monoisotopic (exact) mass is 237 g/mol. The largest absolute Gasteiger partial charge is 0.0619 e. The third-order valence-corrected chi connectivity index (χ3v) is 3.30. The van der Waals surface area contributed by atoms with Crippen LogP contribution in [0.25, 0.3) is 11.1 Å². The summed E-state index contributed by atoms with van der Waals surface area (Å²) < 4.78 is 0. The molecule has 0 unspecified atom stereocenters. The Hall–Kier alpha value is -1.56. The summed E-state index contributed by atoms with van der Waals surface area (Å²) in [6, 6.07) is 17.7. The Balaban J connectivity index is 2.20. The van der Waals surface area contributed by atoms with E-state index < -0.39 is 0 Å². The van der Waals surface area contributed by atoms with Crippen molar-refractivity contribution in [2.24, 2.45) is 0 Å². The average Bonchev–Trinajstić information content (AvgIpc) is 2.40. The molecule has 0 heteroatoms. The van der Waals surface area contributed by atoms with Crippen molar-refractivity contribution < 1.29 is 0 Å². The first kappa shape index (κ1) is 12.9. The fraction of sp³-hybridized carbons (Fsp3) is 0.278. The lowest BCUT2D eigenvalue weighted by Gasteiger charge is -2.07. The van der Waals surface area contributed by atoms with Gasteiger partial charge in [-0.25, -0.2) is 0 Å². The Kier molecular flexibility index (Phi) is 4.19. The van der Waals surface area contributed by atoms with Crippen LogP contribution in [-0.4, -0.2) is 0 Å². The number of hydrogen-bond acceptors (Lipinski definition) is 0. The van der Waals surface area contributed by atoms with Crippen molar-refractivity contribution in [3.8, 4) is 11.1 Å². The molecule has 18 heavy (non-hydrogen) atoms. The molecular formula is C18H21. The fourth-order valence-corrected chi connectivity index (χ4v) is 2.13. The lowest BCUT2D eigenvalue weighted by molar-refractivity contribution is 0.867. The lowest BCUT2D eigenvalue weighted by atomic mass is 9.98. The molecule has 0 amide bonds. The molecule has 0 aliphatic rings. The minimum Gasteiger partial charge on any atom is -0.0619 e. The van der Waals surface area contributed by atoms with Crippen molar-refractivity contribution in [2.75, 3.05) is 0 Å². The zero-order valence-electron chi connectivity index (χ0n) is 11.5. The van der Waals surface area contributed by atoms with E-state index in [1.54, 1.807) is 0 Å². The highest BCUT2D eigenvalue weighted by molar-refractivity contribution is 5.64. The molecule has 0 saturated heterocycles. The molecule has 0 aliphatic heterocycles. The van der Waals surface area contributed by atoms with Crippen molar-refractivity contribution in [3.05, 3.63) is 66.1 Å². The molecular weight excluding hydrogens is 216 g/mol. The highest BCUT2D eigenvalue weighted by Crippen LogP contribution is 2.23. The summed E-state index contributed by atoms with van der Waals surface area (Å²) in [5.74, 6) is 0.599. The third-order valence-electron chi connectivity index (χ3n) is 3.30. The number of rotatable bonds is 4. The summed E-state index contributed by atoms with van der Waals surface area (Å²) in [6.45, 7) is 6.55. The van der Waals surface area contributed by atoms with Crippen molar-refractivity contribution in [1.29, 1.82) is 0 Å². The maximum atomic E-state index is 2.23. The fourth-order valence-electron chi connectivity index (χ4n) is 2.13. The van der Waals surface area contributed by atoms with Crippen LogP contribution in [0.2, 0.25) is 0 Å². The predicted octanol–water partition coefficient (Wildman–Crippen LogP) is 5.24. The third kappa shape index (κ3) is 3.01. The van der Waals surface area contributed by atoms with Crippen LogP contribution >= 0.6 is 0 Å². The molecule has 0 aromatic heterocycles. The maximum absolute atomic E-state index is 2.23. The van der Waals surface area contributed by atoms with Crippen LogP contribution in [0.3, 0.4) is 0 Å². The van der Waals surface area contributed by atoms with Crippen LogP contribution in [0, 0.1) is 6.42 Å². The molecule has 0 spiro atoms. The zero-order chi connectivity index (χ0) is 13.0. The van der Waals surface area contributed by atoms with Gasteiger partial charge in [0.15, 0.2) is 0 Å². The van der Waals surface area contributed by atoms with Crippen LogP contribution in [0.5, 0.6) is 0 Å². The minimum atomic E-state index is 0.599. The Labute approximate surface area is 111 Å². The van der Waals surface area contributed by atoms with Gasteiger partial charge in [0.2, 0.25) is 0 Å². The molecule has 2 aromatic carbocycles. The predicted molar refractivity (Wildman–Crippen MR) is 79.6 cm³/mol. The van der Waals surface area contributed by atoms with Gasteiger partial charge in [-0.2, -0.15) is 0 Å². The first-order valence-corrected chi connectivity index (χ1v) is 6.68.